The van der Waals surface area contributed by atoms with Gasteiger partial charge in [0.05, 0.1) is 59.2 Å². The Morgan fingerprint density at radius 1 is 0.487 bits per heavy atom. The van der Waals surface area contributed by atoms with E-state index in [4.69, 9.17) is 33.2 Å². The summed E-state index contributed by atoms with van der Waals surface area (Å²) in [4.78, 5) is 5.17. The largest absolute Gasteiger partial charge is 0.379 e. The van der Waals surface area contributed by atoms with Crippen molar-refractivity contribution in [3.63, 3.8) is 0 Å². The quantitative estimate of drug-likeness (QED) is 0.436. The molecule has 226 valence electrons. The first kappa shape index (κ1) is 30.8. The van der Waals surface area contributed by atoms with Crippen molar-refractivity contribution in [2.45, 2.75) is 108 Å². The summed E-state index contributed by atoms with van der Waals surface area (Å²) in [6.07, 6.45) is 1.98. The lowest BCUT2D eigenvalue weighted by atomic mass is 9.76. The van der Waals surface area contributed by atoms with Gasteiger partial charge in [-0.15, -0.1) is 23.5 Å². The van der Waals surface area contributed by atoms with Gasteiger partial charge in [0.15, 0.2) is 0 Å². The Bertz CT molecular complexity index is 831. The summed E-state index contributed by atoms with van der Waals surface area (Å²) in [5.41, 5.74) is 0. The number of hydrogen-bond acceptors (Lipinski definition) is 11. The van der Waals surface area contributed by atoms with Crippen LogP contribution in [-0.4, -0.2) is 162 Å². The maximum Gasteiger partial charge on any atom is 0.110 e. The highest BCUT2D eigenvalue weighted by atomic mass is 32.2. The summed E-state index contributed by atoms with van der Waals surface area (Å²) in [6, 6.07) is 1.09. The predicted octanol–water partition coefficient (Wildman–Crippen LogP) is 1.85. The minimum Gasteiger partial charge on any atom is -0.379 e. The second-order valence-electron chi connectivity index (χ2n) is 12.0. The molecule has 0 aromatic rings. The minimum atomic E-state index is -0.105. The standard InChI is InChI=1S/C28H50N2O7S2/c1-13-11-14-25(23(36-9)19(13)32-5)38-27-17(29(14)2)21(34-7)28-18(22(27)35-8)30(3)15-12-16(31-4)20(33-6)24(37-10)26(15)39-28/h13-28H,11-12H2,1-10H3. The first-order valence-corrected chi connectivity index (χ1v) is 16.1. The molecule has 0 spiro atoms. The van der Waals surface area contributed by atoms with Gasteiger partial charge in [0.25, 0.3) is 0 Å². The van der Waals surface area contributed by atoms with Gasteiger partial charge in [-0.2, -0.15) is 0 Å². The van der Waals surface area contributed by atoms with Gasteiger partial charge < -0.3 is 33.2 Å². The molecule has 11 heteroatoms. The van der Waals surface area contributed by atoms with Crippen molar-refractivity contribution >= 4 is 23.5 Å². The number of ether oxygens (including phenoxy) is 7. The van der Waals surface area contributed by atoms with Gasteiger partial charge in [0, 0.05) is 72.4 Å². The average molecular weight is 591 g/mol. The normalized spacial score (nSPS) is 52.5. The van der Waals surface area contributed by atoms with E-state index in [2.05, 4.69) is 42.6 Å². The smallest absolute Gasteiger partial charge is 0.110 e. The molecule has 2 aliphatic heterocycles. The van der Waals surface area contributed by atoms with Gasteiger partial charge in [-0.1, -0.05) is 6.92 Å². The zero-order chi connectivity index (χ0) is 28.2. The summed E-state index contributed by atoms with van der Waals surface area (Å²) >= 11 is 4.08. The molecule has 3 saturated carbocycles. The van der Waals surface area contributed by atoms with Gasteiger partial charge in [-0.3, -0.25) is 9.80 Å². The third-order valence-electron chi connectivity index (χ3n) is 10.6. The summed E-state index contributed by atoms with van der Waals surface area (Å²) in [7, 11) is 17.3. The van der Waals surface area contributed by atoms with E-state index in [0.717, 1.165) is 12.8 Å². The maximum atomic E-state index is 6.48. The van der Waals surface area contributed by atoms with Gasteiger partial charge >= 0.3 is 0 Å². The summed E-state index contributed by atoms with van der Waals surface area (Å²) in [6.45, 7) is 2.29. The van der Waals surface area contributed by atoms with Gasteiger partial charge in [-0.25, -0.2) is 0 Å². The van der Waals surface area contributed by atoms with E-state index >= 15 is 0 Å². The lowest BCUT2D eigenvalue weighted by molar-refractivity contribution is -0.159. The number of thioether (sulfide) groups is 2. The van der Waals surface area contributed by atoms with Crippen molar-refractivity contribution in [1.29, 1.82) is 0 Å². The summed E-state index contributed by atoms with van der Waals surface area (Å²) in [5.74, 6) is 0.414. The monoisotopic (exact) mass is 590 g/mol. The Hall–Kier alpha value is 0.340. The Labute approximate surface area is 243 Å². The van der Waals surface area contributed by atoms with E-state index in [0.29, 0.717) is 17.2 Å². The van der Waals surface area contributed by atoms with Gasteiger partial charge in [0.1, 0.15) is 6.10 Å². The molecule has 16 unspecified atom stereocenters. The maximum absolute atomic E-state index is 6.48. The minimum absolute atomic E-state index is 0.0232. The predicted molar refractivity (Wildman–Crippen MR) is 155 cm³/mol. The molecule has 2 heterocycles. The fraction of sp³-hybridized carbons (Fsp3) is 1.00. The molecular weight excluding hydrogens is 540 g/mol. The molecule has 3 aliphatic carbocycles. The van der Waals surface area contributed by atoms with Crippen LogP contribution in [0.4, 0.5) is 0 Å². The molecule has 5 aliphatic rings. The van der Waals surface area contributed by atoms with E-state index in [-0.39, 0.29) is 76.6 Å². The van der Waals surface area contributed by atoms with E-state index in [1.165, 1.54) is 0 Å². The number of fused-ring (bicyclic) bond motifs is 4. The van der Waals surface area contributed by atoms with Crippen LogP contribution >= 0.6 is 23.5 Å². The van der Waals surface area contributed by atoms with Crippen LogP contribution in [0.15, 0.2) is 0 Å². The van der Waals surface area contributed by atoms with Crippen molar-refractivity contribution in [3.8, 4) is 0 Å². The number of hydrogen-bond donors (Lipinski definition) is 0. The second-order valence-corrected chi connectivity index (χ2v) is 14.7. The molecule has 0 aromatic heterocycles. The molecule has 0 aromatic carbocycles. The van der Waals surface area contributed by atoms with Gasteiger partial charge in [-0.05, 0) is 32.9 Å². The summed E-state index contributed by atoms with van der Waals surface area (Å²) in [5, 5.41) is 1.01. The van der Waals surface area contributed by atoms with E-state index < -0.39 is 0 Å². The zero-order valence-corrected chi connectivity index (χ0v) is 26.9. The Morgan fingerprint density at radius 3 is 1.31 bits per heavy atom. The van der Waals surface area contributed by atoms with Crippen LogP contribution in [-0.2, 0) is 33.2 Å². The van der Waals surface area contributed by atoms with Crippen molar-refractivity contribution < 1.29 is 33.2 Å². The zero-order valence-electron chi connectivity index (χ0n) is 25.2. The van der Waals surface area contributed by atoms with Crippen LogP contribution < -0.4 is 0 Å². The van der Waals surface area contributed by atoms with Crippen molar-refractivity contribution in [2.75, 3.05) is 63.9 Å². The first-order valence-electron chi connectivity index (χ1n) is 14.3. The highest BCUT2D eigenvalue weighted by Gasteiger charge is 2.65. The fourth-order valence-corrected chi connectivity index (χ4v) is 13.2. The molecule has 2 saturated heterocycles. The first-order chi connectivity index (χ1) is 18.8. The lowest BCUT2D eigenvalue weighted by Crippen LogP contribution is -2.78. The third-order valence-corrected chi connectivity index (χ3v) is 14.1. The summed E-state index contributed by atoms with van der Waals surface area (Å²) < 4.78 is 43.1. The second kappa shape index (κ2) is 12.5. The number of rotatable bonds is 7. The Balaban J connectivity index is 1.51. The molecule has 0 bridgehead atoms. The number of nitrogens with zero attached hydrogens (tertiary/aromatic N) is 2. The molecular formula is C28H50N2O7S2. The molecule has 0 amide bonds. The van der Waals surface area contributed by atoms with Crippen molar-refractivity contribution in [2.24, 2.45) is 5.92 Å². The van der Waals surface area contributed by atoms with Crippen LogP contribution in [0.2, 0.25) is 0 Å². The molecule has 0 N–H and O–H groups in total. The van der Waals surface area contributed by atoms with Gasteiger partial charge in [0.2, 0.25) is 0 Å². The molecule has 16 atom stereocenters. The topological polar surface area (TPSA) is 71.1 Å². The Kier molecular flexibility index (Phi) is 9.88. The van der Waals surface area contributed by atoms with Crippen LogP contribution in [0.25, 0.3) is 0 Å². The molecule has 5 rings (SSSR count). The third kappa shape index (κ3) is 4.83. The average Bonchev–Trinajstić information content (AvgIpc) is 2.95. The number of likely N-dealkylation sites (N-methyl/N-ethyl adjacent to an activating group) is 2. The number of methoxy groups -OCH3 is 7. The molecule has 5 fully saturated rings. The highest BCUT2D eigenvalue weighted by molar-refractivity contribution is 8.01. The SMILES string of the molecule is COC1CC2C(SC3C(OC)C4C(SC5C(OC)C(OC)C(C)CC5N4C)C(OC)C3N2C)C(OC)C1OC. The van der Waals surface area contributed by atoms with E-state index in [1.54, 1.807) is 21.3 Å². The molecule has 39 heavy (non-hydrogen) atoms. The van der Waals surface area contributed by atoms with E-state index in [9.17, 15) is 0 Å². The fourth-order valence-electron chi connectivity index (χ4n) is 8.80. The Morgan fingerprint density at radius 2 is 0.897 bits per heavy atom. The van der Waals surface area contributed by atoms with Crippen LogP contribution in [0.1, 0.15) is 19.8 Å². The van der Waals surface area contributed by atoms with Crippen molar-refractivity contribution in [1.82, 2.24) is 9.80 Å². The van der Waals surface area contributed by atoms with Crippen molar-refractivity contribution in [3.05, 3.63) is 0 Å². The van der Waals surface area contributed by atoms with Crippen LogP contribution in [0.3, 0.4) is 0 Å². The highest BCUT2D eigenvalue weighted by Crippen LogP contribution is 2.55. The molecule has 9 nitrogen and oxygen atoms in total. The lowest BCUT2D eigenvalue weighted by Gasteiger charge is -2.65. The van der Waals surface area contributed by atoms with Crippen LogP contribution in [0.5, 0.6) is 0 Å². The van der Waals surface area contributed by atoms with E-state index in [1.807, 2.05) is 40.2 Å². The van der Waals surface area contributed by atoms with Crippen LogP contribution in [0, 0.1) is 5.92 Å². The molecule has 0 radical (unpaired) electrons.